The molecule has 0 bridgehead atoms. The highest BCUT2D eigenvalue weighted by molar-refractivity contribution is 5.72. The van der Waals surface area contributed by atoms with Crippen LogP contribution in [-0.4, -0.2) is 29.4 Å². The lowest BCUT2D eigenvalue weighted by molar-refractivity contribution is -0.119. The van der Waals surface area contributed by atoms with Crippen LogP contribution in [-0.2, 0) is 17.9 Å². The largest absolute Gasteiger partial charge is 0.496 e. The molecule has 132 valence electrons. The van der Waals surface area contributed by atoms with E-state index in [0.29, 0.717) is 12.6 Å². The normalized spacial score (nSPS) is 17.4. The number of nitrogens with one attached hydrogen (secondary N) is 1. The van der Waals surface area contributed by atoms with Crippen molar-refractivity contribution >= 4 is 5.91 Å². The van der Waals surface area contributed by atoms with Crippen molar-refractivity contribution in [2.24, 2.45) is 0 Å². The highest BCUT2D eigenvalue weighted by atomic mass is 16.5. The third kappa shape index (κ3) is 4.37. The fourth-order valence-electron chi connectivity index (χ4n) is 3.46. The van der Waals surface area contributed by atoms with Gasteiger partial charge in [-0.15, -0.1) is 0 Å². The van der Waals surface area contributed by atoms with Crippen LogP contribution in [0.2, 0.25) is 0 Å². The number of likely N-dealkylation sites (tertiary alicyclic amines) is 1. The van der Waals surface area contributed by atoms with Gasteiger partial charge in [0.05, 0.1) is 19.3 Å². The standard InChI is InChI=1S/C20H25N3O2/c1-15(24)22-13-18-12-16(9-10-21-18)19-7-5-11-23(19)14-17-6-3-4-8-20(17)25-2/h3-4,6,8-10,12,19H,5,7,11,13-14H2,1-2H3,(H,22,24). The van der Waals surface area contributed by atoms with Gasteiger partial charge >= 0.3 is 0 Å². The number of carbonyl (C=O) groups is 1. The van der Waals surface area contributed by atoms with Crippen molar-refractivity contribution in [3.8, 4) is 5.75 Å². The average Bonchev–Trinajstić information content (AvgIpc) is 3.09. The second kappa shape index (κ2) is 8.12. The molecule has 2 aromatic rings. The van der Waals surface area contributed by atoms with E-state index >= 15 is 0 Å². The predicted molar refractivity (Wildman–Crippen MR) is 97.1 cm³/mol. The van der Waals surface area contributed by atoms with Crippen LogP contribution in [0.15, 0.2) is 42.6 Å². The molecule has 1 aliphatic heterocycles. The average molecular weight is 339 g/mol. The molecular weight excluding hydrogens is 314 g/mol. The van der Waals surface area contributed by atoms with Crippen LogP contribution in [0, 0.1) is 0 Å². The first-order valence-corrected chi connectivity index (χ1v) is 8.72. The Morgan fingerprint density at radius 3 is 3.00 bits per heavy atom. The maximum absolute atomic E-state index is 11.1. The number of para-hydroxylation sites is 1. The molecule has 25 heavy (non-hydrogen) atoms. The Kier molecular flexibility index (Phi) is 5.66. The van der Waals surface area contributed by atoms with Crippen LogP contribution in [0.25, 0.3) is 0 Å². The minimum absolute atomic E-state index is 0.0362. The van der Waals surface area contributed by atoms with Crippen LogP contribution in [0.4, 0.5) is 0 Å². The van der Waals surface area contributed by atoms with E-state index < -0.39 is 0 Å². The Balaban J connectivity index is 1.75. The molecule has 1 fully saturated rings. The zero-order chi connectivity index (χ0) is 17.6. The van der Waals surface area contributed by atoms with Crippen molar-refractivity contribution in [3.63, 3.8) is 0 Å². The first-order valence-electron chi connectivity index (χ1n) is 8.72. The lowest BCUT2D eigenvalue weighted by Crippen LogP contribution is -2.24. The van der Waals surface area contributed by atoms with E-state index in [4.69, 9.17) is 4.74 Å². The molecule has 0 saturated carbocycles. The zero-order valence-electron chi connectivity index (χ0n) is 14.9. The molecule has 1 aromatic heterocycles. The van der Waals surface area contributed by atoms with E-state index in [0.717, 1.165) is 31.0 Å². The number of hydrogen-bond acceptors (Lipinski definition) is 4. The molecule has 0 spiro atoms. The third-order valence-electron chi connectivity index (χ3n) is 4.67. The number of hydrogen-bond donors (Lipinski definition) is 1. The number of methoxy groups -OCH3 is 1. The van der Waals surface area contributed by atoms with Gasteiger partial charge in [-0.1, -0.05) is 18.2 Å². The summed E-state index contributed by atoms with van der Waals surface area (Å²) in [5.74, 6) is 0.903. The summed E-state index contributed by atoms with van der Waals surface area (Å²) in [5.41, 5.74) is 3.38. The zero-order valence-corrected chi connectivity index (χ0v) is 14.9. The molecule has 1 aromatic carbocycles. The molecule has 0 radical (unpaired) electrons. The van der Waals surface area contributed by atoms with Gasteiger partial charge in [-0.05, 0) is 43.1 Å². The number of nitrogens with zero attached hydrogens (tertiary/aromatic N) is 2. The predicted octanol–water partition coefficient (Wildman–Crippen LogP) is 3.06. The number of amides is 1. The number of pyridine rings is 1. The van der Waals surface area contributed by atoms with Gasteiger partial charge in [-0.3, -0.25) is 14.7 Å². The molecule has 1 aliphatic rings. The van der Waals surface area contributed by atoms with E-state index in [9.17, 15) is 4.79 Å². The summed E-state index contributed by atoms with van der Waals surface area (Å²) in [6.45, 7) is 3.95. The fourth-order valence-corrected chi connectivity index (χ4v) is 3.46. The number of carbonyl (C=O) groups excluding carboxylic acids is 1. The Morgan fingerprint density at radius 2 is 2.20 bits per heavy atom. The first-order chi connectivity index (χ1) is 12.2. The second-order valence-corrected chi connectivity index (χ2v) is 6.43. The lowest BCUT2D eigenvalue weighted by atomic mass is 10.0. The molecule has 3 rings (SSSR count). The van der Waals surface area contributed by atoms with Gasteiger partial charge in [0.2, 0.25) is 5.91 Å². The van der Waals surface area contributed by atoms with Crippen LogP contribution in [0.1, 0.15) is 42.6 Å². The van der Waals surface area contributed by atoms with E-state index in [1.807, 2.05) is 18.3 Å². The van der Waals surface area contributed by atoms with E-state index in [2.05, 4.69) is 39.5 Å². The summed E-state index contributed by atoms with van der Waals surface area (Å²) in [6, 6.07) is 12.8. The summed E-state index contributed by atoms with van der Waals surface area (Å²) in [7, 11) is 1.72. The number of rotatable bonds is 6. The molecule has 1 atom stereocenters. The minimum atomic E-state index is -0.0362. The molecule has 1 saturated heterocycles. The maximum Gasteiger partial charge on any atom is 0.217 e. The topological polar surface area (TPSA) is 54.5 Å². The Hall–Kier alpha value is -2.40. The molecule has 5 heteroatoms. The number of aromatic nitrogens is 1. The van der Waals surface area contributed by atoms with E-state index in [-0.39, 0.29) is 5.91 Å². The molecule has 1 amide bonds. The fraction of sp³-hybridized carbons (Fsp3) is 0.400. The van der Waals surface area contributed by atoms with Gasteiger partial charge in [-0.25, -0.2) is 0 Å². The lowest BCUT2D eigenvalue weighted by Gasteiger charge is -2.26. The summed E-state index contributed by atoms with van der Waals surface area (Å²) in [4.78, 5) is 18.0. The van der Waals surface area contributed by atoms with E-state index in [1.165, 1.54) is 24.5 Å². The maximum atomic E-state index is 11.1. The van der Waals surface area contributed by atoms with Crippen LogP contribution < -0.4 is 10.1 Å². The van der Waals surface area contributed by atoms with Gasteiger partial charge in [0.15, 0.2) is 0 Å². The summed E-state index contributed by atoms with van der Waals surface area (Å²) in [5, 5.41) is 2.81. The van der Waals surface area contributed by atoms with Crippen molar-refractivity contribution < 1.29 is 9.53 Å². The Labute approximate surface area is 149 Å². The molecule has 1 unspecified atom stereocenters. The minimum Gasteiger partial charge on any atom is -0.496 e. The second-order valence-electron chi connectivity index (χ2n) is 6.43. The van der Waals surface area contributed by atoms with Crippen molar-refractivity contribution in [2.45, 2.75) is 38.9 Å². The summed E-state index contributed by atoms with van der Waals surface area (Å²) < 4.78 is 5.49. The molecule has 5 nitrogen and oxygen atoms in total. The summed E-state index contributed by atoms with van der Waals surface area (Å²) in [6.07, 6.45) is 4.16. The monoisotopic (exact) mass is 339 g/mol. The highest BCUT2D eigenvalue weighted by Crippen LogP contribution is 2.34. The Bertz CT molecular complexity index is 732. The Morgan fingerprint density at radius 1 is 1.36 bits per heavy atom. The number of benzene rings is 1. The van der Waals surface area contributed by atoms with Crippen molar-refractivity contribution in [1.82, 2.24) is 15.2 Å². The van der Waals surface area contributed by atoms with Gasteiger partial charge in [0.1, 0.15) is 5.75 Å². The molecule has 2 heterocycles. The third-order valence-corrected chi connectivity index (χ3v) is 4.67. The van der Waals surface area contributed by atoms with Crippen molar-refractivity contribution in [1.29, 1.82) is 0 Å². The molecule has 1 N–H and O–H groups in total. The van der Waals surface area contributed by atoms with Gasteiger partial charge in [-0.2, -0.15) is 0 Å². The number of ether oxygens (including phenoxy) is 1. The highest BCUT2D eigenvalue weighted by Gasteiger charge is 2.26. The molecular formula is C20H25N3O2. The van der Waals surface area contributed by atoms with Gasteiger partial charge in [0.25, 0.3) is 0 Å². The van der Waals surface area contributed by atoms with E-state index in [1.54, 1.807) is 7.11 Å². The van der Waals surface area contributed by atoms with Gasteiger partial charge < -0.3 is 10.1 Å². The van der Waals surface area contributed by atoms with Crippen molar-refractivity contribution in [3.05, 3.63) is 59.4 Å². The smallest absolute Gasteiger partial charge is 0.217 e. The van der Waals surface area contributed by atoms with Crippen LogP contribution in [0.5, 0.6) is 5.75 Å². The SMILES string of the molecule is COc1ccccc1CN1CCCC1c1ccnc(CNC(C)=O)c1. The summed E-state index contributed by atoms with van der Waals surface area (Å²) >= 11 is 0. The van der Waals surface area contributed by atoms with Crippen LogP contribution in [0.3, 0.4) is 0 Å². The first kappa shape index (κ1) is 17.4. The van der Waals surface area contributed by atoms with Crippen molar-refractivity contribution in [2.75, 3.05) is 13.7 Å². The van der Waals surface area contributed by atoms with Crippen LogP contribution >= 0.6 is 0 Å². The van der Waals surface area contributed by atoms with Gasteiger partial charge in [0, 0.05) is 31.3 Å². The molecule has 0 aliphatic carbocycles. The quantitative estimate of drug-likeness (QED) is 0.879.